The fourth-order valence-electron chi connectivity index (χ4n) is 2.24. The van der Waals surface area contributed by atoms with Crippen molar-refractivity contribution in [1.82, 2.24) is 24.8 Å². The fraction of sp³-hybridized carbons (Fsp3) is 0.700. The van der Waals surface area contributed by atoms with Crippen molar-refractivity contribution in [3.8, 4) is 0 Å². The molecule has 2 atom stereocenters. The molecule has 2 rings (SSSR count). The highest BCUT2D eigenvalue weighted by Crippen LogP contribution is 2.29. The number of halogens is 3. The molecule has 11 heteroatoms. The maximum absolute atomic E-state index is 12.7. The Morgan fingerprint density at radius 2 is 2.14 bits per heavy atom. The first-order chi connectivity index (χ1) is 9.86. The number of carbonyl (C=O) groups is 1. The average molecular weight is 337 g/mol. The first kappa shape index (κ1) is 16.7. The van der Waals surface area contributed by atoms with Crippen LogP contribution in [0.15, 0.2) is 0 Å². The largest absolute Gasteiger partial charge is 0.451 e. The van der Waals surface area contributed by atoms with Gasteiger partial charge in [-0.3, -0.25) is 9.88 Å². The summed E-state index contributed by atoms with van der Waals surface area (Å²) in [4.78, 5) is 13.7. The van der Waals surface area contributed by atoms with Crippen LogP contribution in [0.3, 0.4) is 0 Å². The van der Waals surface area contributed by atoms with Gasteiger partial charge in [0.15, 0.2) is 5.82 Å². The van der Waals surface area contributed by atoms with E-state index in [-0.39, 0.29) is 37.4 Å². The minimum atomic E-state index is -4.52. The van der Waals surface area contributed by atoms with Crippen molar-refractivity contribution in [3.05, 3.63) is 11.6 Å². The topological polar surface area (TPSA) is 63.1 Å². The van der Waals surface area contributed by atoms with Gasteiger partial charge >= 0.3 is 6.18 Å². The van der Waals surface area contributed by atoms with Gasteiger partial charge in [0.05, 0.1) is 6.54 Å². The predicted molar refractivity (Wildman–Crippen MR) is 75.0 cm³/mol. The molecule has 6 nitrogen and oxygen atoms in total. The van der Waals surface area contributed by atoms with Crippen LogP contribution >= 0.6 is 9.39 Å². The minimum absolute atomic E-state index is 0.0722. The molecule has 0 fully saturated rings. The van der Waals surface area contributed by atoms with E-state index in [1.165, 1.54) is 4.90 Å². The minimum Gasteiger partial charge on any atom is -0.333 e. The lowest BCUT2D eigenvalue weighted by Gasteiger charge is -2.29. The van der Waals surface area contributed by atoms with Gasteiger partial charge in [0.2, 0.25) is 28.0 Å². The number of nitrogens with one attached hydrogen (secondary N) is 1. The molecule has 0 aromatic carbocycles. The molecule has 1 unspecified atom stereocenters. The van der Waals surface area contributed by atoms with Gasteiger partial charge in [-0.15, -0.1) is 10.2 Å². The molecule has 0 spiro atoms. The summed E-state index contributed by atoms with van der Waals surface area (Å²) in [7, 11) is 2.39. The second-order valence-electron chi connectivity index (χ2n) is 4.88. The Morgan fingerprint density at radius 1 is 1.43 bits per heavy atom. The van der Waals surface area contributed by atoms with Crippen molar-refractivity contribution in [2.75, 3.05) is 6.54 Å². The molecular formula is C10H16AlF3N5OP. The van der Waals surface area contributed by atoms with Crippen molar-refractivity contribution < 1.29 is 18.0 Å². The van der Waals surface area contributed by atoms with Crippen LogP contribution in [0.2, 0.25) is 5.28 Å². The van der Waals surface area contributed by atoms with Gasteiger partial charge in [-0.1, -0.05) is 14.7 Å². The zero-order valence-corrected chi connectivity index (χ0v) is 14.7. The molecule has 0 radical (unpaired) electrons. The van der Waals surface area contributed by atoms with Crippen LogP contribution < -0.4 is 5.09 Å². The van der Waals surface area contributed by atoms with Crippen LogP contribution in [0.1, 0.15) is 18.1 Å². The van der Waals surface area contributed by atoms with E-state index in [0.29, 0.717) is 6.42 Å². The van der Waals surface area contributed by atoms with E-state index in [1.807, 2.05) is 0 Å². The van der Waals surface area contributed by atoms with Crippen LogP contribution in [0.4, 0.5) is 13.2 Å². The number of fused-ring (bicyclic) bond motifs is 1. The van der Waals surface area contributed by atoms with Crippen LogP contribution in [-0.4, -0.2) is 54.4 Å². The number of alkyl halides is 3. The summed E-state index contributed by atoms with van der Waals surface area (Å²) in [6.07, 6.45) is -4.17. The second kappa shape index (κ2) is 6.61. The molecule has 0 saturated carbocycles. The molecule has 1 amide bonds. The molecule has 1 aromatic rings. The first-order valence-electron chi connectivity index (χ1n) is 6.60. The Balaban J connectivity index is 2.07. The summed E-state index contributed by atoms with van der Waals surface area (Å²) in [5, 5.41) is 10.7. The third-order valence-corrected chi connectivity index (χ3v) is 4.97. The zero-order valence-electron chi connectivity index (χ0n) is 11.5. The van der Waals surface area contributed by atoms with Gasteiger partial charge in [-0.05, 0) is 0 Å². The van der Waals surface area contributed by atoms with Crippen LogP contribution in [0.5, 0.6) is 0 Å². The van der Waals surface area contributed by atoms with E-state index in [1.54, 1.807) is 0 Å². The molecule has 0 saturated heterocycles. The monoisotopic (exact) mass is 337 g/mol. The Morgan fingerprint density at radius 3 is 2.71 bits per heavy atom. The van der Waals surface area contributed by atoms with E-state index in [0.717, 1.165) is 26.1 Å². The van der Waals surface area contributed by atoms with E-state index < -0.39 is 12.0 Å². The van der Waals surface area contributed by atoms with E-state index in [2.05, 4.69) is 24.7 Å². The summed E-state index contributed by atoms with van der Waals surface area (Å²) in [5.74, 6) is -0.884. The number of hydrogen-bond donors (Lipinski definition) is 1. The molecule has 0 bridgehead atoms. The number of aromatic nitrogens is 3. The molecule has 1 N–H and O–H groups in total. The fourth-order valence-corrected chi connectivity index (χ4v) is 3.59. The van der Waals surface area contributed by atoms with Gasteiger partial charge < -0.3 is 9.47 Å². The van der Waals surface area contributed by atoms with Crippen molar-refractivity contribution in [2.45, 2.75) is 37.0 Å². The van der Waals surface area contributed by atoms with Crippen LogP contribution in [0.25, 0.3) is 0 Å². The molecule has 1 aromatic heterocycles. The first-order valence-corrected chi connectivity index (χ1v) is 8.59. The molecule has 0 aliphatic carbocycles. The van der Waals surface area contributed by atoms with Gasteiger partial charge in [-0.2, -0.15) is 13.2 Å². The molecule has 21 heavy (non-hydrogen) atoms. The number of amides is 1. The maximum atomic E-state index is 12.7. The zero-order chi connectivity index (χ0) is 15.6. The van der Waals surface area contributed by atoms with E-state index in [9.17, 15) is 18.0 Å². The standard InChI is InChI=1S/C10H14F3N5OP.Al.2H/c1-6(16-20)4-8(19)17-2-3-18-7(5-17)14-15-9(18)10(11,12)13;;;/h6,16H,1-5,20H2;;;/t6-;;;/m1.../s1. The summed E-state index contributed by atoms with van der Waals surface area (Å²) in [5.41, 5.74) is 0. The van der Waals surface area contributed by atoms with Crippen molar-refractivity contribution in [3.63, 3.8) is 0 Å². The number of carbonyl (C=O) groups excluding carboxylic acids is 1. The SMILES string of the molecule is O=C(C[C@@H]([CH2][AlH2])NP)N1CCn2c(nnc2C(F)(F)F)C1. The molecule has 2 heterocycles. The Bertz CT molecular complexity index is 519. The lowest BCUT2D eigenvalue weighted by molar-refractivity contribution is -0.148. The normalized spacial score (nSPS) is 16.7. The second-order valence-corrected chi connectivity index (χ2v) is 6.03. The summed E-state index contributed by atoms with van der Waals surface area (Å²) < 4.78 is 39.2. The van der Waals surface area contributed by atoms with Gasteiger partial charge in [0.25, 0.3) is 0 Å². The number of rotatable bonds is 4. The molecule has 1 aliphatic rings. The van der Waals surface area contributed by atoms with E-state index >= 15 is 0 Å². The van der Waals surface area contributed by atoms with Gasteiger partial charge in [-0.25, -0.2) is 0 Å². The Hall–Kier alpha value is -0.678. The highest BCUT2D eigenvalue weighted by Gasteiger charge is 2.39. The van der Waals surface area contributed by atoms with Gasteiger partial charge in [0, 0.05) is 25.6 Å². The highest BCUT2D eigenvalue weighted by atomic mass is 31.0. The summed E-state index contributed by atoms with van der Waals surface area (Å²) in [6, 6.07) is 0.0969. The van der Waals surface area contributed by atoms with Crippen LogP contribution in [-0.2, 0) is 24.1 Å². The lowest BCUT2D eigenvalue weighted by atomic mass is 10.2. The number of nitrogens with zero attached hydrogens (tertiary/aromatic N) is 4. The maximum Gasteiger partial charge on any atom is 0.451 e. The lowest BCUT2D eigenvalue weighted by Crippen LogP contribution is -2.41. The quantitative estimate of drug-likeness (QED) is 0.612. The number of hydrogen-bond acceptors (Lipinski definition) is 4. The van der Waals surface area contributed by atoms with Crippen LogP contribution in [0, 0.1) is 0 Å². The smallest absolute Gasteiger partial charge is 0.333 e. The van der Waals surface area contributed by atoms with Crippen molar-refractivity contribution >= 4 is 31.6 Å². The third-order valence-electron chi connectivity index (χ3n) is 3.51. The van der Waals surface area contributed by atoms with Crippen molar-refractivity contribution in [1.29, 1.82) is 0 Å². The predicted octanol–water partition coefficient (Wildman–Crippen LogP) is -0.171. The highest BCUT2D eigenvalue weighted by molar-refractivity contribution is 7.13. The van der Waals surface area contributed by atoms with Crippen molar-refractivity contribution in [2.24, 2.45) is 0 Å². The average Bonchev–Trinajstić information content (AvgIpc) is 2.87. The summed E-state index contributed by atoms with van der Waals surface area (Å²) in [6.45, 7) is 0.396. The van der Waals surface area contributed by atoms with Gasteiger partial charge in [0.1, 0.15) is 0 Å². The Labute approximate surface area is 130 Å². The molecule has 116 valence electrons. The molecular weight excluding hydrogens is 321 g/mol. The van der Waals surface area contributed by atoms with E-state index in [4.69, 9.17) is 0 Å². The Kier molecular flexibility index (Phi) is 5.25. The third kappa shape index (κ3) is 3.75. The molecule has 1 aliphatic heterocycles. The summed E-state index contributed by atoms with van der Waals surface area (Å²) >= 11 is 0.974.